The quantitative estimate of drug-likeness (QED) is 0.846. The Balaban J connectivity index is 1.89. The van der Waals surface area contributed by atoms with Crippen molar-refractivity contribution in [2.75, 3.05) is 47.9 Å². The van der Waals surface area contributed by atoms with E-state index in [4.69, 9.17) is 4.74 Å². The van der Waals surface area contributed by atoms with Crippen molar-refractivity contribution in [3.05, 3.63) is 29.8 Å². The van der Waals surface area contributed by atoms with E-state index in [1.54, 1.807) is 7.11 Å². The van der Waals surface area contributed by atoms with E-state index in [1.165, 1.54) is 0 Å². The van der Waals surface area contributed by atoms with Crippen LogP contribution in [0.2, 0.25) is 0 Å². The molecule has 0 spiro atoms. The molecule has 1 aromatic carbocycles. The summed E-state index contributed by atoms with van der Waals surface area (Å²) in [5, 5.41) is 3.20. The van der Waals surface area contributed by atoms with Crippen LogP contribution in [0.4, 0.5) is 0 Å². The number of ether oxygens (including phenoxy) is 1. The van der Waals surface area contributed by atoms with Crippen molar-refractivity contribution in [3.63, 3.8) is 0 Å². The van der Waals surface area contributed by atoms with Gasteiger partial charge in [-0.3, -0.25) is 4.79 Å². The summed E-state index contributed by atoms with van der Waals surface area (Å²) in [7, 11) is 7.91. The predicted molar refractivity (Wildman–Crippen MR) is 88.2 cm³/mol. The molecule has 1 saturated heterocycles. The van der Waals surface area contributed by atoms with E-state index in [0.29, 0.717) is 12.3 Å². The molecule has 0 unspecified atom stereocenters. The van der Waals surface area contributed by atoms with Gasteiger partial charge in [-0.15, -0.1) is 0 Å². The fraction of sp³-hybridized carbons (Fsp3) is 0.588. The van der Waals surface area contributed by atoms with Gasteiger partial charge >= 0.3 is 0 Å². The molecule has 122 valence electrons. The predicted octanol–water partition coefficient (Wildman–Crippen LogP) is 0.846. The van der Waals surface area contributed by atoms with Crippen LogP contribution in [0.25, 0.3) is 0 Å². The van der Waals surface area contributed by atoms with Crippen LogP contribution in [-0.4, -0.2) is 69.6 Å². The number of carbonyl (C=O) groups excluding carboxylic acids is 1. The molecule has 0 bridgehead atoms. The van der Waals surface area contributed by atoms with Gasteiger partial charge in [-0.05, 0) is 38.8 Å². The van der Waals surface area contributed by atoms with Crippen molar-refractivity contribution in [3.8, 4) is 5.75 Å². The maximum atomic E-state index is 12.3. The molecule has 0 saturated carbocycles. The zero-order valence-electron chi connectivity index (χ0n) is 14.0. The Kier molecular flexibility index (Phi) is 5.80. The van der Waals surface area contributed by atoms with Gasteiger partial charge in [0, 0.05) is 31.6 Å². The lowest BCUT2D eigenvalue weighted by Gasteiger charge is -2.23. The van der Waals surface area contributed by atoms with Gasteiger partial charge in [-0.2, -0.15) is 0 Å². The second-order valence-corrected chi connectivity index (χ2v) is 6.44. The molecule has 1 aromatic rings. The lowest BCUT2D eigenvalue weighted by atomic mass is 10.0. The van der Waals surface area contributed by atoms with Crippen LogP contribution < -0.4 is 10.1 Å². The number of benzene rings is 1. The molecule has 2 rings (SSSR count). The first kappa shape index (κ1) is 16.8. The highest BCUT2D eigenvalue weighted by molar-refractivity contribution is 5.79. The molecule has 1 aliphatic heterocycles. The molecule has 0 aliphatic carbocycles. The summed E-state index contributed by atoms with van der Waals surface area (Å²) in [4.78, 5) is 16.8. The molecule has 2 atom stereocenters. The zero-order valence-corrected chi connectivity index (χ0v) is 14.0. The van der Waals surface area contributed by atoms with Gasteiger partial charge < -0.3 is 19.9 Å². The van der Waals surface area contributed by atoms with Crippen molar-refractivity contribution in [1.82, 2.24) is 15.1 Å². The number of carbonyl (C=O) groups is 1. The lowest BCUT2D eigenvalue weighted by Crippen LogP contribution is -2.43. The first-order valence-corrected chi connectivity index (χ1v) is 7.73. The minimum Gasteiger partial charge on any atom is -0.497 e. The van der Waals surface area contributed by atoms with Crippen LogP contribution in [0, 0.1) is 5.92 Å². The summed E-state index contributed by atoms with van der Waals surface area (Å²) in [6.45, 7) is 2.95. The highest BCUT2D eigenvalue weighted by Gasteiger charge is 2.32. The van der Waals surface area contributed by atoms with Crippen LogP contribution in [-0.2, 0) is 11.2 Å². The average Bonchev–Trinajstić information content (AvgIpc) is 2.78. The summed E-state index contributed by atoms with van der Waals surface area (Å²) in [5.74, 6) is 1.39. The summed E-state index contributed by atoms with van der Waals surface area (Å²) in [5.41, 5.74) is 1.01. The molecule has 5 heteroatoms. The molecule has 22 heavy (non-hydrogen) atoms. The number of hydrogen-bond acceptors (Lipinski definition) is 4. The minimum atomic E-state index is 0.0919. The SMILES string of the molecule is COc1ccc(CC(=O)N[C@@H]2CN(C)C[C@H]2CN(C)C)cc1. The summed E-state index contributed by atoms with van der Waals surface area (Å²) in [6, 6.07) is 7.90. The molecule has 0 aromatic heterocycles. The van der Waals surface area contributed by atoms with Gasteiger partial charge in [0.15, 0.2) is 0 Å². The van der Waals surface area contributed by atoms with Crippen molar-refractivity contribution < 1.29 is 9.53 Å². The third-order valence-electron chi connectivity index (χ3n) is 4.09. The van der Waals surface area contributed by atoms with E-state index in [2.05, 4.69) is 36.3 Å². The summed E-state index contributed by atoms with van der Waals surface area (Å²) in [6.07, 6.45) is 0.416. The van der Waals surface area contributed by atoms with Gasteiger partial charge in [0.05, 0.1) is 13.5 Å². The smallest absolute Gasteiger partial charge is 0.224 e. The lowest BCUT2D eigenvalue weighted by molar-refractivity contribution is -0.121. The van der Waals surface area contributed by atoms with Crippen LogP contribution >= 0.6 is 0 Å². The zero-order chi connectivity index (χ0) is 16.1. The Bertz CT molecular complexity index is 487. The van der Waals surface area contributed by atoms with Crippen LogP contribution in [0.3, 0.4) is 0 Å². The monoisotopic (exact) mass is 305 g/mol. The van der Waals surface area contributed by atoms with Crippen LogP contribution in [0.1, 0.15) is 5.56 Å². The van der Waals surface area contributed by atoms with E-state index in [-0.39, 0.29) is 11.9 Å². The first-order chi connectivity index (χ1) is 10.5. The molecular weight excluding hydrogens is 278 g/mol. The Hall–Kier alpha value is -1.59. The number of rotatable bonds is 6. The van der Waals surface area contributed by atoms with Crippen LogP contribution in [0.15, 0.2) is 24.3 Å². The Morgan fingerprint density at radius 3 is 2.59 bits per heavy atom. The highest BCUT2D eigenvalue weighted by atomic mass is 16.5. The number of nitrogens with one attached hydrogen (secondary N) is 1. The number of hydrogen-bond donors (Lipinski definition) is 1. The Labute approximate surface area is 133 Å². The average molecular weight is 305 g/mol. The maximum Gasteiger partial charge on any atom is 0.224 e. The first-order valence-electron chi connectivity index (χ1n) is 7.73. The minimum absolute atomic E-state index is 0.0919. The molecule has 1 heterocycles. The van der Waals surface area contributed by atoms with Crippen molar-refractivity contribution in [2.24, 2.45) is 5.92 Å². The van der Waals surface area contributed by atoms with Gasteiger partial charge in [-0.1, -0.05) is 12.1 Å². The van der Waals surface area contributed by atoms with E-state index in [1.807, 2.05) is 24.3 Å². The van der Waals surface area contributed by atoms with Crippen molar-refractivity contribution >= 4 is 5.91 Å². The number of amides is 1. The van der Waals surface area contributed by atoms with E-state index in [9.17, 15) is 4.79 Å². The molecule has 1 N–H and O–H groups in total. The maximum absolute atomic E-state index is 12.3. The molecule has 1 fully saturated rings. The Morgan fingerprint density at radius 2 is 2.00 bits per heavy atom. The molecule has 1 amide bonds. The fourth-order valence-corrected chi connectivity index (χ4v) is 3.09. The summed E-state index contributed by atoms with van der Waals surface area (Å²) < 4.78 is 5.13. The Morgan fingerprint density at radius 1 is 1.32 bits per heavy atom. The number of likely N-dealkylation sites (N-methyl/N-ethyl adjacent to an activating group) is 1. The van der Waals surface area contributed by atoms with Crippen molar-refractivity contribution in [1.29, 1.82) is 0 Å². The van der Waals surface area contributed by atoms with Crippen LogP contribution in [0.5, 0.6) is 5.75 Å². The third kappa shape index (κ3) is 4.71. The molecule has 5 nitrogen and oxygen atoms in total. The molecular formula is C17H27N3O2. The largest absolute Gasteiger partial charge is 0.497 e. The molecule has 1 aliphatic rings. The molecule has 0 radical (unpaired) electrons. The second-order valence-electron chi connectivity index (χ2n) is 6.44. The second kappa shape index (κ2) is 7.61. The normalized spacial score (nSPS) is 22.0. The highest BCUT2D eigenvalue weighted by Crippen LogP contribution is 2.17. The van der Waals surface area contributed by atoms with Gasteiger partial charge in [0.1, 0.15) is 5.75 Å². The standard InChI is InChI=1S/C17H27N3O2/c1-19(2)10-14-11-20(3)12-16(14)18-17(21)9-13-5-7-15(22-4)8-6-13/h5-8,14,16H,9-12H2,1-4H3,(H,18,21)/t14-,16-/m1/s1. The van der Waals surface area contributed by atoms with E-state index < -0.39 is 0 Å². The number of methoxy groups -OCH3 is 1. The van der Waals surface area contributed by atoms with Gasteiger partial charge in [-0.25, -0.2) is 0 Å². The summed E-state index contributed by atoms with van der Waals surface area (Å²) >= 11 is 0. The number of likely N-dealkylation sites (tertiary alicyclic amines) is 1. The van der Waals surface area contributed by atoms with E-state index in [0.717, 1.165) is 30.9 Å². The fourth-order valence-electron chi connectivity index (χ4n) is 3.09. The van der Waals surface area contributed by atoms with Gasteiger partial charge in [0.25, 0.3) is 0 Å². The van der Waals surface area contributed by atoms with E-state index >= 15 is 0 Å². The topological polar surface area (TPSA) is 44.8 Å². The van der Waals surface area contributed by atoms with Gasteiger partial charge in [0.2, 0.25) is 5.91 Å². The van der Waals surface area contributed by atoms with Crippen molar-refractivity contribution in [2.45, 2.75) is 12.5 Å². The number of nitrogens with zero attached hydrogens (tertiary/aromatic N) is 2. The third-order valence-corrected chi connectivity index (χ3v) is 4.09.